The molecule has 1 atom stereocenters. The van der Waals surface area contributed by atoms with Crippen LogP contribution in [0.1, 0.15) is 17.2 Å². The molecule has 10 aromatic rings. The molecule has 3 heterocycles. The molecule has 51 heavy (non-hydrogen) atoms. The number of pyridine rings is 1. The summed E-state index contributed by atoms with van der Waals surface area (Å²) in [4.78, 5) is 5.27. The molecule has 1 aliphatic heterocycles. The Hall–Kier alpha value is -6.71. The highest BCUT2D eigenvalue weighted by molar-refractivity contribution is 6.25. The summed E-state index contributed by atoms with van der Waals surface area (Å²) in [5.74, 6) is 0. The van der Waals surface area contributed by atoms with Gasteiger partial charge in [-0.3, -0.25) is 0 Å². The summed E-state index contributed by atoms with van der Waals surface area (Å²) in [6.45, 7) is 0. The Bertz CT molecular complexity index is 3020. The first kappa shape index (κ1) is 28.2. The van der Waals surface area contributed by atoms with E-state index in [9.17, 15) is 0 Å². The molecule has 3 nitrogen and oxygen atoms in total. The lowest BCUT2D eigenvalue weighted by molar-refractivity contribution is 0.669. The van der Waals surface area contributed by atoms with Crippen molar-refractivity contribution in [2.45, 2.75) is 6.04 Å². The van der Waals surface area contributed by atoms with E-state index in [4.69, 9.17) is 9.40 Å². The Morgan fingerprint density at radius 1 is 0.471 bits per heavy atom. The Morgan fingerprint density at radius 2 is 1.10 bits per heavy atom. The molecule has 238 valence electrons. The largest absolute Gasteiger partial charge is 0.456 e. The Morgan fingerprint density at radius 3 is 1.88 bits per heavy atom. The fourth-order valence-electron chi connectivity index (χ4n) is 8.11. The highest BCUT2D eigenvalue weighted by atomic mass is 16.3. The van der Waals surface area contributed by atoms with Gasteiger partial charge in [-0.05, 0) is 84.9 Å². The normalized spacial score (nSPS) is 14.2. The number of aromatic nitrogens is 1. The molecule has 0 saturated heterocycles. The van der Waals surface area contributed by atoms with E-state index in [1.165, 1.54) is 37.9 Å². The minimum absolute atomic E-state index is 0.0205. The minimum atomic E-state index is 0.0205. The van der Waals surface area contributed by atoms with Crippen LogP contribution in [0.25, 0.3) is 93.6 Å². The first-order chi connectivity index (χ1) is 25.2. The van der Waals surface area contributed by atoms with Gasteiger partial charge in [0, 0.05) is 21.7 Å². The van der Waals surface area contributed by atoms with Gasteiger partial charge in [-0.15, -0.1) is 0 Å². The lowest BCUT2D eigenvalue weighted by atomic mass is 9.91. The van der Waals surface area contributed by atoms with Crippen LogP contribution < -0.4 is 5.32 Å². The predicted molar refractivity (Wildman–Crippen MR) is 214 cm³/mol. The summed E-state index contributed by atoms with van der Waals surface area (Å²) in [6, 6.07) is 56.5. The summed E-state index contributed by atoms with van der Waals surface area (Å²) in [7, 11) is 0. The molecule has 0 bridgehead atoms. The zero-order valence-electron chi connectivity index (χ0n) is 27.6. The molecule has 0 radical (unpaired) electrons. The van der Waals surface area contributed by atoms with E-state index in [0.717, 1.165) is 66.5 Å². The number of benzene rings is 8. The molecule has 8 aromatic carbocycles. The average Bonchev–Trinajstić information content (AvgIpc) is 3.58. The predicted octanol–water partition coefficient (Wildman–Crippen LogP) is 13.1. The third-order valence-electron chi connectivity index (χ3n) is 10.7. The molecule has 1 aliphatic rings. The highest BCUT2D eigenvalue weighted by Crippen LogP contribution is 2.40. The second-order valence-electron chi connectivity index (χ2n) is 13.6. The fourth-order valence-corrected chi connectivity index (χ4v) is 8.11. The summed E-state index contributed by atoms with van der Waals surface area (Å²) >= 11 is 0. The van der Waals surface area contributed by atoms with Crippen molar-refractivity contribution in [1.82, 2.24) is 4.98 Å². The van der Waals surface area contributed by atoms with Crippen LogP contribution in [0.2, 0.25) is 0 Å². The Kier molecular flexibility index (Phi) is 6.02. The summed E-state index contributed by atoms with van der Waals surface area (Å²) < 4.78 is 6.06. The topological polar surface area (TPSA) is 38.1 Å². The quantitative estimate of drug-likeness (QED) is 0.193. The lowest BCUT2D eigenvalue weighted by Crippen LogP contribution is -2.13. The van der Waals surface area contributed by atoms with E-state index in [1.807, 2.05) is 12.1 Å². The van der Waals surface area contributed by atoms with Crippen molar-refractivity contribution in [3.8, 4) is 22.4 Å². The van der Waals surface area contributed by atoms with Crippen molar-refractivity contribution in [3.05, 3.63) is 175 Å². The van der Waals surface area contributed by atoms with Gasteiger partial charge >= 0.3 is 0 Å². The third-order valence-corrected chi connectivity index (χ3v) is 10.7. The number of nitrogens with zero attached hydrogens (tertiary/aromatic N) is 1. The summed E-state index contributed by atoms with van der Waals surface area (Å²) in [6.07, 6.45) is 4.51. The van der Waals surface area contributed by atoms with Crippen molar-refractivity contribution >= 4 is 76.9 Å². The van der Waals surface area contributed by atoms with Crippen molar-refractivity contribution in [2.75, 3.05) is 5.32 Å². The van der Waals surface area contributed by atoms with Gasteiger partial charge in [-0.1, -0.05) is 140 Å². The maximum absolute atomic E-state index is 6.06. The molecular weight excluding hydrogens is 621 g/mol. The molecular formula is C48H30N2O. The van der Waals surface area contributed by atoms with Crippen molar-refractivity contribution in [1.29, 1.82) is 0 Å². The number of nitrogens with one attached hydrogen (secondary N) is 1. The molecule has 2 aromatic heterocycles. The number of rotatable bonds is 3. The van der Waals surface area contributed by atoms with Crippen LogP contribution in [0, 0.1) is 0 Å². The molecule has 11 rings (SSSR count). The smallest absolute Gasteiger partial charge is 0.135 e. The number of para-hydroxylation sites is 1. The van der Waals surface area contributed by atoms with Gasteiger partial charge in [0.15, 0.2) is 0 Å². The van der Waals surface area contributed by atoms with E-state index < -0.39 is 0 Å². The van der Waals surface area contributed by atoms with Crippen molar-refractivity contribution in [3.63, 3.8) is 0 Å². The molecule has 0 amide bonds. The van der Waals surface area contributed by atoms with Gasteiger partial charge in [0.1, 0.15) is 11.2 Å². The van der Waals surface area contributed by atoms with Crippen molar-refractivity contribution in [2.24, 2.45) is 0 Å². The third kappa shape index (κ3) is 4.42. The second-order valence-corrected chi connectivity index (χ2v) is 13.6. The Labute approximate surface area is 294 Å². The molecule has 0 fully saturated rings. The minimum Gasteiger partial charge on any atom is -0.456 e. The van der Waals surface area contributed by atoms with Crippen LogP contribution in [-0.4, -0.2) is 4.98 Å². The maximum Gasteiger partial charge on any atom is 0.135 e. The van der Waals surface area contributed by atoms with E-state index in [-0.39, 0.29) is 6.04 Å². The van der Waals surface area contributed by atoms with E-state index in [2.05, 4.69) is 163 Å². The van der Waals surface area contributed by atoms with Crippen LogP contribution in [0.15, 0.2) is 168 Å². The Balaban J connectivity index is 0.952. The molecule has 3 heteroatoms. The van der Waals surface area contributed by atoms with Crippen LogP contribution in [0.5, 0.6) is 0 Å². The first-order valence-electron chi connectivity index (χ1n) is 17.5. The summed E-state index contributed by atoms with van der Waals surface area (Å²) in [5.41, 5.74) is 10.6. The number of anilines is 1. The maximum atomic E-state index is 6.06. The monoisotopic (exact) mass is 650 g/mol. The van der Waals surface area contributed by atoms with Gasteiger partial charge in [0.25, 0.3) is 0 Å². The van der Waals surface area contributed by atoms with Crippen LogP contribution in [0.4, 0.5) is 5.69 Å². The van der Waals surface area contributed by atoms with E-state index in [1.54, 1.807) is 0 Å². The highest BCUT2D eigenvalue weighted by Gasteiger charge is 2.20. The zero-order valence-corrected chi connectivity index (χ0v) is 27.6. The van der Waals surface area contributed by atoms with E-state index >= 15 is 0 Å². The van der Waals surface area contributed by atoms with Gasteiger partial charge in [-0.25, -0.2) is 4.98 Å². The fraction of sp³-hybridized carbons (Fsp3) is 0.0208. The average molecular weight is 651 g/mol. The van der Waals surface area contributed by atoms with Gasteiger partial charge in [-0.2, -0.15) is 0 Å². The molecule has 0 saturated carbocycles. The van der Waals surface area contributed by atoms with Crippen LogP contribution in [-0.2, 0) is 0 Å². The number of furan rings is 1. The van der Waals surface area contributed by atoms with Gasteiger partial charge < -0.3 is 9.73 Å². The number of fused-ring (bicyclic) bond motifs is 12. The zero-order chi connectivity index (χ0) is 33.5. The lowest BCUT2D eigenvalue weighted by Gasteiger charge is -2.24. The van der Waals surface area contributed by atoms with E-state index in [0.29, 0.717) is 0 Å². The van der Waals surface area contributed by atoms with Crippen LogP contribution in [0.3, 0.4) is 0 Å². The SMILES string of the molecule is C1=CC(c2ccc3c4ccccc4c4ccccc4c3c2)Nc2c1ccc1ccc(-c3ccc(-c4ccc5oc6ccccc6c5c4)cc3)nc21. The summed E-state index contributed by atoms with van der Waals surface area (Å²) in [5, 5.41) is 15.0. The first-order valence-corrected chi connectivity index (χ1v) is 17.5. The van der Waals surface area contributed by atoms with Gasteiger partial charge in [0.05, 0.1) is 22.9 Å². The molecule has 0 aliphatic carbocycles. The number of hydrogen-bond acceptors (Lipinski definition) is 3. The standard InChI is InChI=1S/C48H30N2O/c1-2-9-37-35(7-1)36-8-3-4-10-38(36)41-28-34(19-23-39(37)41)44-25-21-32-18-17-31-20-24-43(49-47(31)48(32)50-44)30-15-13-29(14-16-30)33-22-26-46-42(27-33)40-11-5-6-12-45(40)51-46/h1-28,44,50H. The molecule has 0 spiro atoms. The molecule has 1 N–H and O–H groups in total. The second kappa shape index (κ2) is 10.9. The number of hydrogen-bond donors (Lipinski definition) is 1. The van der Waals surface area contributed by atoms with Crippen LogP contribution >= 0.6 is 0 Å². The van der Waals surface area contributed by atoms with Gasteiger partial charge in [0.2, 0.25) is 0 Å². The molecule has 1 unspecified atom stereocenters. The van der Waals surface area contributed by atoms with Crippen molar-refractivity contribution < 1.29 is 4.42 Å².